The number of benzene rings is 3. The number of para-hydroxylation sites is 1. The summed E-state index contributed by atoms with van der Waals surface area (Å²) in [5, 5.41) is 14.7. The average Bonchev–Trinajstić information content (AvgIpc) is 3.93. The zero-order chi connectivity index (χ0) is 48.0. The van der Waals surface area contributed by atoms with E-state index < -0.39 is 13.2 Å². The summed E-state index contributed by atoms with van der Waals surface area (Å²) in [4.78, 5) is 55.6. The third-order valence-corrected chi connectivity index (χ3v) is 14.9. The van der Waals surface area contributed by atoms with Crippen molar-refractivity contribution in [2.75, 3.05) is 95.4 Å². The molecule has 2 amide bonds. The van der Waals surface area contributed by atoms with E-state index in [0.717, 1.165) is 105 Å². The van der Waals surface area contributed by atoms with Gasteiger partial charge >= 0.3 is 0 Å². The van der Waals surface area contributed by atoms with E-state index in [2.05, 4.69) is 54.8 Å². The SMILES string of the molecule is CCc1cc(Nc2ncc(-c3cnn(C)c3)c(Nc3ccccc3P(C)(C)=O)n2)c(OC)cc1N1CCC(N2CCN(CCOc3ccc4c(c3)CN(C(CCC=O)C(=O)NC)C4=O)CC2)CC1. The number of ether oxygens (including phenoxy) is 2. The molecule has 0 radical (unpaired) electrons. The molecule has 68 heavy (non-hydrogen) atoms. The Morgan fingerprint density at radius 2 is 1.75 bits per heavy atom. The Bertz CT molecular complexity index is 2650. The van der Waals surface area contributed by atoms with E-state index in [1.807, 2.05) is 49.6 Å². The van der Waals surface area contributed by atoms with Gasteiger partial charge < -0.3 is 44.6 Å². The Morgan fingerprint density at radius 1 is 0.971 bits per heavy atom. The van der Waals surface area contributed by atoms with Crippen molar-refractivity contribution in [1.82, 2.24) is 39.8 Å². The van der Waals surface area contributed by atoms with Gasteiger partial charge in [-0.2, -0.15) is 10.1 Å². The summed E-state index contributed by atoms with van der Waals surface area (Å²) < 4.78 is 27.2. The van der Waals surface area contributed by atoms with Crippen molar-refractivity contribution in [1.29, 1.82) is 0 Å². The lowest BCUT2D eigenvalue weighted by atomic mass is 9.99. The van der Waals surface area contributed by atoms with Gasteiger partial charge in [-0.15, -0.1) is 0 Å². The van der Waals surface area contributed by atoms with Crippen LogP contribution in [-0.2, 0) is 34.2 Å². The van der Waals surface area contributed by atoms with Gasteiger partial charge in [-0.3, -0.25) is 24.1 Å². The molecule has 360 valence electrons. The zero-order valence-corrected chi connectivity index (χ0v) is 40.9. The number of aryl methyl sites for hydroxylation is 2. The molecule has 8 rings (SSSR count). The smallest absolute Gasteiger partial charge is 0.255 e. The molecular formula is C50H64N11O6P. The highest BCUT2D eigenvalue weighted by Gasteiger charge is 2.36. The average molecular weight is 946 g/mol. The van der Waals surface area contributed by atoms with Gasteiger partial charge in [0.2, 0.25) is 11.9 Å². The molecule has 0 saturated carbocycles. The number of rotatable bonds is 19. The van der Waals surface area contributed by atoms with E-state index >= 15 is 0 Å². The number of amides is 2. The van der Waals surface area contributed by atoms with Crippen LogP contribution in [0.25, 0.3) is 11.1 Å². The second-order valence-corrected chi connectivity index (χ2v) is 21.3. The van der Waals surface area contributed by atoms with Crippen LogP contribution in [0.5, 0.6) is 11.5 Å². The summed E-state index contributed by atoms with van der Waals surface area (Å²) in [5.74, 6) is 1.89. The predicted octanol–water partition coefficient (Wildman–Crippen LogP) is 5.90. The van der Waals surface area contributed by atoms with Crippen molar-refractivity contribution in [3.8, 4) is 22.6 Å². The van der Waals surface area contributed by atoms with Crippen molar-refractivity contribution >= 4 is 59.4 Å². The molecule has 3 aromatic carbocycles. The zero-order valence-electron chi connectivity index (χ0n) is 40.0. The Kier molecular flexibility index (Phi) is 15.1. The number of likely N-dealkylation sites (N-methyl/N-ethyl adjacent to an activating group) is 1. The van der Waals surface area contributed by atoms with Crippen molar-refractivity contribution in [3.63, 3.8) is 0 Å². The molecule has 3 aliphatic rings. The van der Waals surface area contributed by atoms with Gasteiger partial charge in [-0.25, -0.2) is 4.98 Å². The van der Waals surface area contributed by atoms with E-state index in [1.54, 1.807) is 55.5 Å². The standard InChI is InChI=1S/C50H64N11O6P/c1-7-34-28-42(55-50-52-31-40(36-30-53-57(3)32-36)47(56-50)54-41-11-8-9-13-46(41)68(5,6)65)45(66-4)29-44(34)60-18-16-37(17-19-60)59-22-20-58(21-23-59)24-26-67-38-14-15-39-35(27-38)33-61(49(39)64)43(12-10-25-62)48(63)51-2/h8-9,11,13-15,25,27-32,37,43H,7,10,12,16-24,26,33H2,1-6H3,(H,51,63)(H2,52,54,55,56). The minimum Gasteiger partial charge on any atom is -0.494 e. The van der Waals surface area contributed by atoms with Gasteiger partial charge in [0.1, 0.15) is 43.4 Å². The van der Waals surface area contributed by atoms with E-state index in [0.29, 0.717) is 48.0 Å². The highest BCUT2D eigenvalue weighted by molar-refractivity contribution is 7.70. The predicted molar refractivity (Wildman–Crippen MR) is 267 cm³/mol. The number of piperazine rings is 1. The van der Waals surface area contributed by atoms with Crippen LogP contribution in [0, 0.1) is 0 Å². The lowest BCUT2D eigenvalue weighted by molar-refractivity contribution is -0.125. The van der Waals surface area contributed by atoms with Crippen LogP contribution < -0.4 is 35.6 Å². The third-order valence-electron chi connectivity index (χ3n) is 13.4. The minimum atomic E-state index is -2.60. The third kappa shape index (κ3) is 10.9. The van der Waals surface area contributed by atoms with E-state index in [1.165, 1.54) is 11.3 Å². The van der Waals surface area contributed by atoms with Crippen LogP contribution in [0.3, 0.4) is 0 Å². The number of methoxy groups -OCH3 is 1. The number of carbonyl (C=O) groups is 3. The molecule has 1 unspecified atom stereocenters. The summed E-state index contributed by atoms with van der Waals surface area (Å²) >= 11 is 0. The van der Waals surface area contributed by atoms with Gasteiger partial charge in [0.05, 0.1) is 24.7 Å². The number of nitrogens with one attached hydrogen (secondary N) is 3. The number of carbonyl (C=O) groups excluding carboxylic acids is 3. The molecule has 2 saturated heterocycles. The monoisotopic (exact) mass is 945 g/mol. The number of fused-ring (bicyclic) bond motifs is 1. The Morgan fingerprint density at radius 3 is 2.44 bits per heavy atom. The highest BCUT2D eigenvalue weighted by Crippen LogP contribution is 2.41. The largest absolute Gasteiger partial charge is 0.494 e. The number of anilines is 5. The molecule has 5 heterocycles. The van der Waals surface area contributed by atoms with Crippen LogP contribution in [0.1, 0.15) is 54.1 Å². The highest BCUT2D eigenvalue weighted by atomic mass is 31.2. The molecule has 0 bridgehead atoms. The van der Waals surface area contributed by atoms with E-state index in [-0.39, 0.29) is 24.7 Å². The van der Waals surface area contributed by atoms with Crippen LogP contribution in [-0.4, -0.2) is 145 Å². The van der Waals surface area contributed by atoms with Gasteiger partial charge in [0, 0.05) is 125 Å². The van der Waals surface area contributed by atoms with Crippen LogP contribution in [0.15, 0.2) is 73.2 Å². The maximum Gasteiger partial charge on any atom is 0.255 e. The number of aromatic nitrogens is 4. The molecular weight excluding hydrogens is 882 g/mol. The second-order valence-electron chi connectivity index (χ2n) is 18.1. The van der Waals surface area contributed by atoms with Crippen LogP contribution >= 0.6 is 7.14 Å². The Hall–Kier alpha value is -6.29. The number of hydrogen-bond acceptors (Lipinski definition) is 14. The summed E-state index contributed by atoms with van der Waals surface area (Å²) in [6.45, 7) is 13.3. The molecule has 5 aromatic rings. The number of nitrogens with zero attached hydrogens (tertiary/aromatic N) is 8. The number of aldehydes is 1. The molecule has 0 aliphatic carbocycles. The number of hydrogen-bond donors (Lipinski definition) is 3. The van der Waals surface area contributed by atoms with E-state index in [4.69, 9.17) is 19.4 Å². The summed E-state index contributed by atoms with van der Waals surface area (Å²) in [5.41, 5.74) is 6.91. The molecule has 1 atom stereocenters. The Labute approximate surface area is 399 Å². The fraction of sp³-hybridized carbons (Fsp3) is 0.440. The summed E-state index contributed by atoms with van der Waals surface area (Å²) in [7, 11) is 2.50. The maximum atomic E-state index is 13.3. The van der Waals surface area contributed by atoms with Gasteiger partial charge in [-0.1, -0.05) is 19.1 Å². The first-order chi connectivity index (χ1) is 32.9. The Balaban J connectivity index is 0.850. The second kappa shape index (κ2) is 21.3. The quantitative estimate of drug-likeness (QED) is 0.0659. The normalized spacial score (nSPS) is 16.4. The molecule has 3 N–H and O–H groups in total. The van der Waals surface area contributed by atoms with Gasteiger partial charge in [0.25, 0.3) is 5.91 Å². The van der Waals surface area contributed by atoms with Gasteiger partial charge in [0.15, 0.2) is 0 Å². The van der Waals surface area contributed by atoms with Crippen molar-refractivity contribution in [3.05, 3.63) is 89.9 Å². The lowest BCUT2D eigenvalue weighted by Gasteiger charge is -2.43. The maximum absolute atomic E-state index is 13.3. The van der Waals surface area contributed by atoms with Crippen molar-refractivity contribution in [2.45, 2.75) is 57.7 Å². The lowest BCUT2D eigenvalue weighted by Crippen LogP contribution is -2.53. The van der Waals surface area contributed by atoms with Crippen molar-refractivity contribution in [2.24, 2.45) is 7.05 Å². The van der Waals surface area contributed by atoms with Crippen LogP contribution in [0.2, 0.25) is 0 Å². The molecule has 18 heteroatoms. The molecule has 2 aromatic heterocycles. The first-order valence-electron chi connectivity index (χ1n) is 23.6. The van der Waals surface area contributed by atoms with E-state index in [9.17, 15) is 18.9 Å². The molecule has 2 fully saturated rings. The summed E-state index contributed by atoms with van der Waals surface area (Å²) in [6, 6.07) is 17.2. The van der Waals surface area contributed by atoms with Gasteiger partial charge in [-0.05, 0) is 86.5 Å². The first kappa shape index (κ1) is 48.2. The number of piperidine rings is 1. The first-order valence-corrected chi connectivity index (χ1v) is 26.2. The van der Waals surface area contributed by atoms with Crippen molar-refractivity contribution < 1.29 is 28.4 Å². The minimum absolute atomic E-state index is 0.199. The topological polar surface area (TPSA) is 179 Å². The molecule has 3 aliphatic heterocycles. The summed E-state index contributed by atoms with van der Waals surface area (Å²) in [6.07, 6.45) is 9.73. The fourth-order valence-electron chi connectivity index (χ4n) is 9.66. The molecule has 17 nitrogen and oxygen atoms in total. The van der Waals surface area contributed by atoms with Crippen LogP contribution in [0.4, 0.5) is 28.8 Å². The molecule has 0 spiro atoms. The fourth-order valence-corrected chi connectivity index (χ4v) is 10.8.